The molecule has 0 bridgehead atoms. The number of hydrogen-bond acceptors (Lipinski definition) is 3. The third-order valence-corrected chi connectivity index (χ3v) is 10.5. The predicted molar refractivity (Wildman–Crippen MR) is 164 cm³/mol. The number of thioether (sulfide) groups is 1. The molecule has 4 unspecified atom stereocenters. The summed E-state index contributed by atoms with van der Waals surface area (Å²) in [6.07, 6.45) is 16.2. The van der Waals surface area contributed by atoms with E-state index < -0.39 is 0 Å². The predicted octanol–water partition coefficient (Wildman–Crippen LogP) is 8.82. The number of para-hydroxylation sites is 1. The second kappa shape index (κ2) is 8.67. The maximum Gasteiger partial charge on any atom is 0.235 e. The molecule has 4 aliphatic rings. The van der Waals surface area contributed by atoms with Crippen LogP contribution in [0.4, 0.5) is 0 Å². The summed E-state index contributed by atoms with van der Waals surface area (Å²) in [5.74, 6) is 2.02. The lowest BCUT2D eigenvalue weighted by Gasteiger charge is -2.39. The lowest BCUT2D eigenvalue weighted by Crippen LogP contribution is -2.29. The van der Waals surface area contributed by atoms with Gasteiger partial charge in [0, 0.05) is 39.1 Å². The molecule has 192 valence electrons. The van der Waals surface area contributed by atoms with Gasteiger partial charge in [0.25, 0.3) is 0 Å². The van der Waals surface area contributed by atoms with Gasteiger partial charge < -0.3 is 0 Å². The molecular formula is C36H27N3S. The fourth-order valence-electron chi connectivity index (χ4n) is 7.50. The number of benzene rings is 3. The Morgan fingerprint density at radius 1 is 0.825 bits per heavy atom. The summed E-state index contributed by atoms with van der Waals surface area (Å²) in [4.78, 5) is 12.1. The maximum absolute atomic E-state index is 5.38. The fraction of sp³-hybridized carbons (Fsp3) is 0.167. The molecule has 3 aromatic carbocycles. The van der Waals surface area contributed by atoms with Crippen LogP contribution in [-0.4, -0.2) is 14.5 Å². The maximum atomic E-state index is 5.38. The topological polar surface area (TPSA) is 30.7 Å². The molecule has 0 amide bonds. The molecule has 3 heterocycles. The quantitative estimate of drug-likeness (QED) is 0.227. The van der Waals surface area contributed by atoms with Gasteiger partial charge in [0.05, 0.1) is 16.5 Å². The Bertz CT molecular complexity index is 1910. The molecule has 0 saturated carbocycles. The molecular weight excluding hydrogens is 506 g/mol. The van der Waals surface area contributed by atoms with Crippen LogP contribution in [0, 0.1) is 5.92 Å². The molecule has 3 aliphatic carbocycles. The van der Waals surface area contributed by atoms with E-state index in [1.165, 1.54) is 33.0 Å². The zero-order valence-electron chi connectivity index (χ0n) is 21.9. The minimum absolute atomic E-state index is 0.319. The Morgan fingerprint density at radius 2 is 1.65 bits per heavy atom. The van der Waals surface area contributed by atoms with Crippen molar-refractivity contribution in [3.63, 3.8) is 0 Å². The number of rotatable bonds is 2. The summed E-state index contributed by atoms with van der Waals surface area (Å²) in [5, 5.41) is 1.41. The minimum atomic E-state index is 0.319. The molecule has 3 nitrogen and oxygen atoms in total. The van der Waals surface area contributed by atoms with Gasteiger partial charge >= 0.3 is 0 Å². The van der Waals surface area contributed by atoms with E-state index in [9.17, 15) is 0 Å². The van der Waals surface area contributed by atoms with Crippen LogP contribution < -0.4 is 0 Å². The van der Waals surface area contributed by atoms with E-state index in [2.05, 4.69) is 120 Å². The van der Waals surface area contributed by atoms with E-state index in [-0.39, 0.29) is 0 Å². The fourth-order valence-corrected chi connectivity index (χ4v) is 9.09. The molecule has 0 spiro atoms. The van der Waals surface area contributed by atoms with Crippen LogP contribution in [0.15, 0.2) is 114 Å². The van der Waals surface area contributed by atoms with E-state index in [0.717, 1.165) is 41.0 Å². The van der Waals surface area contributed by atoms with Gasteiger partial charge in [0.1, 0.15) is 0 Å². The molecule has 9 rings (SSSR count). The monoisotopic (exact) mass is 533 g/mol. The van der Waals surface area contributed by atoms with E-state index in [1.807, 2.05) is 11.8 Å². The molecule has 2 aromatic heterocycles. The second-order valence-corrected chi connectivity index (χ2v) is 12.3. The molecule has 4 atom stereocenters. The van der Waals surface area contributed by atoms with E-state index in [0.29, 0.717) is 23.0 Å². The summed E-state index contributed by atoms with van der Waals surface area (Å²) < 4.78 is 2.48. The molecule has 0 saturated heterocycles. The van der Waals surface area contributed by atoms with Gasteiger partial charge in [-0.1, -0.05) is 103 Å². The van der Waals surface area contributed by atoms with Crippen molar-refractivity contribution in [1.29, 1.82) is 0 Å². The highest BCUT2D eigenvalue weighted by Gasteiger charge is 2.50. The zero-order valence-corrected chi connectivity index (χ0v) is 22.8. The Balaban J connectivity index is 1.36. The van der Waals surface area contributed by atoms with E-state index >= 15 is 0 Å². The summed E-state index contributed by atoms with van der Waals surface area (Å²) >= 11 is 2.04. The second-order valence-electron chi connectivity index (χ2n) is 11.2. The van der Waals surface area contributed by atoms with Crippen molar-refractivity contribution in [3.8, 4) is 17.2 Å². The molecule has 40 heavy (non-hydrogen) atoms. The Kier molecular flexibility index (Phi) is 4.91. The number of aromatic nitrogens is 3. The number of allylic oxidation sites excluding steroid dienone is 5. The third kappa shape index (κ3) is 3.14. The van der Waals surface area contributed by atoms with Gasteiger partial charge in [-0.25, -0.2) is 9.97 Å². The minimum Gasteiger partial charge on any atom is -0.285 e. The van der Waals surface area contributed by atoms with Crippen molar-refractivity contribution in [1.82, 2.24) is 14.5 Å². The smallest absolute Gasteiger partial charge is 0.235 e. The highest BCUT2D eigenvalue weighted by atomic mass is 32.2. The largest absolute Gasteiger partial charge is 0.285 e. The van der Waals surface area contributed by atoms with Crippen molar-refractivity contribution < 1.29 is 0 Å². The van der Waals surface area contributed by atoms with E-state index in [4.69, 9.17) is 9.97 Å². The van der Waals surface area contributed by atoms with Crippen molar-refractivity contribution in [2.45, 2.75) is 34.8 Å². The normalized spacial score (nSPS) is 23.4. The first-order valence-electron chi connectivity index (χ1n) is 14.2. The lowest BCUT2D eigenvalue weighted by atomic mass is 9.66. The van der Waals surface area contributed by atoms with Crippen molar-refractivity contribution in [2.75, 3.05) is 0 Å². The lowest BCUT2D eigenvalue weighted by molar-refractivity contribution is 0.420. The summed E-state index contributed by atoms with van der Waals surface area (Å²) in [5.41, 5.74) is 10.2. The van der Waals surface area contributed by atoms with Crippen LogP contribution >= 0.6 is 11.8 Å². The Hall–Kier alpha value is -4.15. The summed E-state index contributed by atoms with van der Waals surface area (Å²) in [6.45, 7) is 0. The molecule has 0 fully saturated rings. The van der Waals surface area contributed by atoms with Crippen molar-refractivity contribution in [2.24, 2.45) is 5.92 Å². The molecule has 4 heteroatoms. The van der Waals surface area contributed by atoms with Gasteiger partial charge in [0.2, 0.25) is 5.95 Å². The van der Waals surface area contributed by atoms with Crippen LogP contribution in [0.3, 0.4) is 0 Å². The summed E-state index contributed by atoms with van der Waals surface area (Å²) in [7, 11) is 0. The average molecular weight is 534 g/mol. The molecule has 0 radical (unpaired) electrons. The number of hydrogen-bond donors (Lipinski definition) is 0. The number of fused-ring (bicyclic) bond motifs is 11. The Labute approximate surface area is 238 Å². The highest BCUT2D eigenvalue weighted by molar-refractivity contribution is 8.00. The summed E-state index contributed by atoms with van der Waals surface area (Å²) in [6, 6.07) is 28.1. The van der Waals surface area contributed by atoms with Crippen LogP contribution in [0.1, 0.15) is 51.6 Å². The van der Waals surface area contributed by atoms with Crippen molar-refractivity contribution >= 4 is 28.7 Å². The van der Waals surface area contributed by atoms with Gasteiger partial charge in [0.15, 0.2) is 0 Å². The van der Waals surface area contributed by atoms with Crippen LogP contribution in [-0.2, 0) is 6.42 Å². The first kappa shape index (κ1) is 22.6. The van der Waals surface area contributed by atoms with Gasteiger partial charge in [-0.3, -0.25) is 4.57 Å². The van der Waals surface area contributed by atoms with Crippen LogP contribution in [0.5, 0.6) is 0 Å². The van der Waals surface area contributed by atoms with Gasteiger partial charge in [-0.05, 0) is 47.6 Å². The molecule has 1 aliphatic heterocycles. The van der Waals surface area contributed by atoms with Gasteiger partial charge in [-0.15, -0.1) is 11.8 Å². The van der Waals surface area contributed by atoms with Crippen LogP contribution in [0.2, 0.25) is 0 Å². The first-order valence-corrected chi connectivity index (χ1v) is 15.1. The average Bonchev–Trinajstić information content (AvgIpc) is 3.58. The van der Waals surface area contributed by atoms with Gasteiger partial charge in [-0.2, -0.15) is 0 Å². The SMILES string of the molecule is C1=CC2c3c4c(n(-c5nc(-c6ccccc6)c6ccccc6n5)c3C3Sc5ccccc5C3C2C=C1)CCC=C4. The molecule has 5 aromatic rings. The third-order valence-electron chi connectivity index (χ3n) is 9.11. The standard InChI is InChI=1S/C36H27N3S/c1-2-12-22(13-3-1)33-25-16-6-9-19-28(25)37-36(38-33)39-29-20-10-7-17-26(29)31-23-14-4-5-15-24(23)32-27-18-8-11-21-30(27)40-35(32)34(31)39/h1-9,11-19,21,23-24,32,35H,10,20H2. The number of nitrogens with zero attached hydrogens (tertiary/aromatic N) is 3. The zero-order chi connectivity index (χ0) is 26.2. The highest BCUT2D eigenvalue weighted by Crippen LogP contribution is 2.65. The van der Waals surface area contributed by atoms with E-state index in [1.54, 1.807) is 0 Å². The molecule has 0 N–H and O–H groups in total. The Morgan fingerprint density at radius 3 is 2.60 bits per heavy atom. The first-order chi connectivity index (χ1) is 19.9. The van der Waals surface area contributed by atoms with Crippen molar-refractivity contribution in [3.05, 3.63) is 137 Å². The van der Waals surface area contributed by atoms with Crippen LogP contribution in [0.25, 0.3) is 34.2 Å².